The molecule has 1 unspecified atom stereocenters. The number of rotatable bonds is 6. The van der Waals surface area contributed by atoms with Gasteiger partial charge in [0.25, 0.3) is 0 Å². The maximum atomic E-state index is 12.0. The second-order valence-electron chi connectivity index (χ2n) is 4.69. The summed E-state index contributed by atoms with van der Waals surface area (Å²) in [5.74, 6) is 0.576. The van der Waals surface area contributed by atoms with Crippen molar-refractivity contribution in [3.8, 4) is 5.75 Å². The number of aryl methyl sites for hydroxylation is 1. The van der Waals surface area contributed by atoms with Crippen LogP contribution in [0, 0.1) is 0 Å². The van der Waals surface area contributed by atoms with Gasteiger partial charge in [-0.2, -0.15) is 13.8 Å². The molecular formula is C13H15F2N3O2. The first kappa shape index (κ1) is 14.4. The predicted molar refractivity (Wildman–Crippen MR) is 67.2 cm³/mol. The average molecular weight is 283 g/mol. The SMILES string of the molecule is CC(N)(CCc1ccc(OC(F)F)cc1)c1ncon1. The van der Waals surface area contributed by atoms with Gasteiger partial charge in [0.2, 0.25) is 6.39 Å². The van der Waals surface area contributed by atoms with E-state index in [2.05, 4.69) is 19.4 Å². The van der Waals surface area contributed by atoms with Crippen LogP contribution in [0.2, 0.25) is 0 Å². The van der Waals surface area contributed by atoms with Crippen molar-refractivity contribution >= 4 is 0 Å². The Bertz CT molecular complexity index is 527. The quantitative estimate of drug-likeness (QED) is 0.881. The summed E-state index contributed by atoms with van der Waals surface area (Å²) in [4.78, 5) is 3.94. The van der Waals surface area contributed by atoms with Gasteiger partial charge < -0.3 is 15.0 Å². The van der Waals surface area contributed by atoms with Crippen molar-refractivity contribution < 1.29 is 18.0 Å². The van der Waals surface area contributed by atoms with E-state index in [4.69, 9.17) is 5.73 Å². The molecule has 2 aromatic rings. The third-order valence-electron chi connectivity index (χ3n) is 2.95. The number of ether oxygens (including phenoxy) is 1. The molecule has 5 nitrogen and oxygen atoms in total. The lowest BCUT2D eigenvalue weighted by Gasteiger charge is -2.20. The molecule has 2 rings (SSSR count). The van der Waals surface area contributed by atoms with E-state index in [0.29, 0.717) is 18.7 Å². The van der Waals surface area contributed by atoms with Crippen molar-refractivity contribution in [2.45, 2.75) is 31.9 Å². The summed E-state index contributed by atoms with van der Waals surface area (Å²) in [7, 11) is 0. The molecule has 0 aliphatic heterocycles. The lowest BCUT2D eigenvalue weighted by molar-refractivity contribution is -0.0498. The van der Waals surface area contributed by atoms with Crippen LogP contribution in [0.4, 0.5) is 8.78 Å². The molecule has 0 radical (unpaired) electrons. The summed E-state index contributed by atoms with van der Waals surface area (Å²) in [5.41, 5.74) is 6.38. The molecular weight excluding hydrogens is 268 g/mol. The van der Waals surface area contributed by atoms with Crippen LogP contribution >= 0.6 is 0 Å². The number of hydrogen-bond donors (Lipinski definition) is 1. The Hall–Kier alpha value is -2.02. The standard InChI is InChI=1S/C13H15F2N3O2/c1-13(16,11-17-8-19-18-11)7-6-9-2-4-10(5-3-9)20-12(14)15/h2-5,8,12H,6-7,16H2,1H3. The Morgan fingerprint density at radius 1 is 1.35 bits per heavy atom. The number of nitrogens with zero attached hydrogens (tertiary/aromatic N) is 2. The molecule has 0 aliphatic carbocycles. The average Bonchev–Trinajstić information content (AvgIpc) is 2.92. The fourth-order valence-corrected chi connectivity index (χ4v) is 1.78. The smallest absolute Gasteiger partial charge is 0.387 e. The molecule has 1 heterocycles. The number of aromatic nitrogens is 2. The van der Waals surface area contributed by atoms with Crippen LogP contribution in [0.1, 0.15) is 24.7 Å². The maximum Gasteiger partial charge on any atom is 0.387 e. The fraction of sp³-hybridized carbons (Fsp3) is 0.385. The zero-order chi connectivity index (χ0) is 14.6. The van der Waals surface area contributed by atoms with Crippen molar-refractivity contribution in [3.63, 3.8) is 0 Å². The molecule has 1 aromatic carbocycles. The van der Waals surface area contributed by atoms with Gasteiger partial charge in [-0.05, 0) is 37.5 Å². The summed E-state index contributed by atoms with van der Waals surface area (Å²) in [5, 5.41) is 3.73. The molecule has 0 fully saturated rings. The van der Waals surface area contributed by atoms with Crippen LogP contribution in [0.25, 0.3) is 0 Å². The molecule has 1 aromatic heterocycles. The Morgan fingerprint density at radius 2 is 2.05 bits per heavy atom. The highest BCUT2D eigenvalue weighted by molar-refractivity contribution is 5.27. The molecule has 0 amide bonds. The Morgan fingerprint density at radius 3 is 2.60 bits per heavy atom. The van der Waals surface area contributed by atoms with Crippen LogP contribution in [-0.2, 0) is 12.0 Å². The van der Waals surface area contributed by atoms with Crippen LogP contribution in [0.5, 0.6) is 5.75 Å². The summed E-state index contributed by atoms with van der Waals surface area (Å²) >= 11 is 0. The summed E-state index contributed by atoms with van der Waals surface area (Å²) in [6.45, 7) is -1.00. The Balaban J connectivity index is 1.94. The Labute approximate surface area is 114 Å². The van der Waals surface area contributed by atoms with E-state index in [1.807, 2.05) is 6.92 Å². The van der Waals surface area contributed by atoms with Crippen molar-refractivity contribution in [2.75, 3.05) is 0 Å². The van der Waals surface area contributed by atoms with Gasteiger partial charge in [-0.3, -0.25) is 0 Å². The molecule has 1 atom stereocenters. The van der Waals surface area contributed by atoms with E-state index in [1.54, 1.807) is 12.1 Å². The molecule has 108 valence electrons. The minimum absolute atomic E-state index is 0.137. The lowest BCUT2D eigenvalue weighted by atomic mass is 9.93. The van der Waals surface area contributed by atoms with Gasteiger partial charge in [-0.25, -0.2) is 0 Å². The first-order valence-corrected chi connectivity index (χ1v) is 6.07. The lowest BCUT2D eigenvalue weighted by Crippen LogP contribution is -2.34. The second kappa shape index (κ2) is 5.96. The molecule has 20 heavy (non-hydrogen) atoms. The van der Waals surface area contributed by atoms with E-state index >= 15 is 0 Å². The third-order valence-corrected chi connectivity index (χ3v) is 2.95. The van der Waals surface area contributed by atoms with Gasteiger partial charge in [-0.1, -0.05) is 17.3 Å². The minimum atomic E-state index is -2.81. The highest BCUT2D eigenvalue weighted by Gasteiger charge is 2.25. The van der Waals surface area contributed by atoms with E-state index in [0.717, 1.165) is 5.56 Å². The number of benzene rings is 1. The van der Waals surface area contributed by atoms with E-state index in [-0.39, 0.29) is 5.75 Å². The van der Waals surface area contributed by atoms with Gasteiger partial charge >= 0.3 is 6.61 Å². The largest absolute Gasteiger partial charge is 0.435 e. The molecule has 0 spiro atoms. The molecule has 0 saturated carbocycles. The highest BCUT2D eigenvalue weighted by Crippen LogP contribution is 2.22. The maximum absolute atomic E-state index is 12.0. The van der Waals surface area contributed by atoms with E-state index < -0.39 is 12.2 Å². The number of nitrogens with two attached hydrogens (primary N) is 1. The van der Waals surface area contributed by atoms with Gasteiger partial charge in [0.15, 0.2) is 5.82 Å². The molecule has 7 heteroatoms. The van der Waals surface area contributed by atoms with E-state index in [1.165, 1.54) is 18.5 Å². The molecule has 2 N–H and O–H groups in total. The highest BCUT2D eigenvalue weighted by atomic mass is 19.3. The second-order valence-corrected chi connectivity index (χ2v) is 4.69. The molecule has 0 saturated heterocycles. The third kappa shape index (κ3) is 3.74. The monoisotopic (exact) mass is 283 g/mol. The van der Waals surface area contributed by atoms with Crippen molar-refractivity contribution in [2.24, 2.45) is 5.73 Å². The zero-order valence-corrected chi connectivity index (χ0v) is 10.9. The van der Waals surface area contributed by atoms with Crippen LogP contribution in [0.3, 0.4) is 0 Å². The van der Waals surface area contributed by atoms with Gasteiger partial charge in [0.05, 0.1) is 5.54 Å². The van der Waals surface area contributed by atoms with Crippen LogP contribution < -0.4 is 10.5 Å². The van der Waals surface area contributed by atoms with Crippen LogP contribution in [-0.4, -0.2) is 16.8 Å². The zero-order valence-electron chi connectivity index (χ0n) is 10.9. The topological polar surface area (TPSA) is 74.2 Å². The number of hydrogen-bond acceptors (Lipinski definition) is 5. The number of halogens is 2. The Kier molecular flexibility index (Phi) is 4.29. The predicted octanol–water partition coefficient (Wildman–Crippen LogP) is 2.48. The van der Waals surface area contributed by atoms with Gasteiger partial charge in [0.1, 0.15) is 5.75 Å². The molecule has 0 bridgehead atoms. The van der Waals surface area contributed by atoms with Crippen molar-refractivity contribution in [1.82, 2.24) is 10.1 Å². The fourth-order valence-electron chi connectivity index (χ4n) is 1.78. The first-order chi connectivity index (χ1) is 9.47. The van der Waals surface area contributed by atoms with E-state index in [9.17, 15) is 8.78 Å². The normalized spacial score (nSPS) is 14.2. The first-order valence-electron chi connectivity index (χ1n) is 6.07. The summed E-state index contributed by atoms with van der Waals surface area (Å²) in [6.07, 6.45) is 2.50. The van der Waals surface area contributed by atoms with Gasteiger partial charge in [0, 0.05) is 0 Å². The van der Waals surface area contributed by atoms with Crippen molar-refractivity contribution in [1.29, 1.82) is 0 Å². The summed E-state index contributed by atoms with van der Waals surface area (Å²) in [6, 6.07) is 6.46. The summed E-state index contributed by atoms with van der Waals surface area (Å²) < 4.78 is 33.0. The van der Waals surface area contributed by atoms with Crippen molar-refractivity contribution in [3.05, 3.63) is 42.0 Å². The van der Waals surface area contributed by atoms with Crippen LogP contribution in [0.15, 0.2) is 35.2 Å². The molecule has 0 aliphatic rings. The minimum Gasteiger partial charge on any atom is -0.435 e. The number of alkyl halides is 2. The van der Waals surface area contributed by atoms with Gasteiger partial charge in [-0.15, -0.1) is 0 Å².